The second-order valence-corrected chi connectivity index (χ2v) is 6.31. The van der Waals surface area contributed by atoms with Crippen LogP contribution < -0.4 is 25.2 Å². The van der Waals surface area contributed by atoms with Crippen LogP contribution in [0.25, 0.3) is 5.70 Å². The van der Waals surface area contributed by atoms with Crippen molar-refractivity contribution in [2.75, 3.05) is 13.7 Å². The molecule has 0 saturated heterocycles. The van der Waals surface area contributed by atoms with E-state index in [0.29, 0.717) is 22.4 Å². The molecule has 8 heteroatoms. The average molecular weight is 395 g/mol. The Labute approximate surface area is 167 Å². The summed E-state index contributed by atoms with van der Waals surface area (Å²) >= 11 is 0. The minimum absolute atomic E-state index is 0.206. The number of nitrogens with one attached hydrogen (secondary N) is 2. The van der Waals surface area contributed by atoms with Gasteiger partial charge in [-0.15, -0.1) is 0 Å². The molecule has 0 bridgehead atoms. The maximum atomic E-state index is 12.5. The van der Waals surface area contributed by atoms with Crippen LogP contribution in [0.5, 0.6) is 11.5 Å². The normalized spacial score (nSPS) is 15.9. The molecule has 1 heterocycles. The van der Waals surface area contributed by atoms with Crippen LogP contribution in [0.4, 0.5) is 4.79 Å². The Morgan fingerprint density at radius 2 is 1.83 bits per heavy atom. The van der Waals surface area contributed by atoms with E-state index in [-0.39, 0.29) is 17.3 Å². The number of carbonyl (C=O) groups excluding carboxylic acids is 3. The topological polar surface area (TPSA) is 117 Å². The third-order valence-electron chi connectivity index (χ3n) is 4.38. The Hall–Kier alpha value is -3.81. The fraction of sp³-hybridized carbons (Fsp3) is 0.190. The van der Waals surface area contributed by atoms with E-state index in [2.05, 4.69) is 10.6 Å². The molecule has 0 aliphatic carbocycles. The molecule has 0 unspecified atom stereocenters. The summed E-state index contributed by atoms with van der Waals surface area (Å²) in [4.78, 5) is 35.4. The molecule has 8 nitrogen and oxygen atoms in total. The lowest BCUT2D eigenvalue weighted by molar-refractivity contribution is -0.307. The van der Waals surface area contributed by atoms with Crippen molar-refractivity contribution in [1.29, 1.82) is 0 Å². The predicted molar refractivity (Wildman–Crippen MR) is 102 cm³/mol. The Kier molecular flexibility index (Phi) is 5.82. The zero-order chi connectivity index (χ0) is 21.0. The summed E-state index contributed by atoms with van der Waals surface area (Å²) < 4.78 is 10.4. The van der Waals surface area contributed by atoms with Crippen LogP contribution in [0.1, 0.15) is 24.1 Å². The number of carbonyl (C=O) groups is 3. The molecule has 0 aromatic heterocycles. The van der Waals surface area contributed by atoms with E-state index in [0.717, 1.165) is 0 Å². The molecule has 3 rings (SSSR count). The van der Waals surface area contributed by atoms with Gasteiger partial charge < -0.3 is 30.0 Å². The molecule has 0 saturated carbocycles. The van der Waals surface area contributed by atoms with Crippen LogP contribution in [0.15, 0.2) is 54.1 Å². The lowest BCUT2D eigenvalue weighted by Gasteiger charge is -2.30. The van der Waals surface area contributed by atoms with Gasteiger partial charge in [0.05, 0.1) is 24.8 Å². The number of hydrogen-bond acceptors (Lipinski definition) is 6. The molecule has 0 spiro atoms. The highest BCUT2D eigenvalue weighted by atomic mass is 16.5. The quantitative estimate of drug-likeness (QED) is 0.727. The molecular formula is C21H19N2O6-. The molecule has 2 N–H and O–H groups in total. The molecule has 2 aromatic carbocycles. The van der Waals surface area contributed by atoms with Crippen LogP contribution in [-0.4, -0.2) is 31.5 Å². The molecule has 1 aliphatic rings. The number of urea groups is 1. The van der Waals surface area contributed by atoms with Crippen LogP contribution in [0.3, 0.4) is 0 Å². The van der Waals surface area contributed by atoms with Gasteiger partial charge in [-0.3, -0.25) is 4.79 Å². The van der Waals surface area contributed by atoms with Gasteiger partial charge in [0.15, 0.2) is 17.3 Å². The molecule has 2 amide bonds. The van der Waals surface area contributed by atoms with Gasteiger partial charge in [0.1, 0.15) is 6.61 Å². The Balaban J connectivity index is 2.07. The number of amides is 2. The van der Waals surface area contributed by atoms with Gasteiger partial charge in [-0.05, 0) is 30.2 Å². The second kappa shape index (κ2) is 8.47. The van der Waals surface area contributed by atoms with Crippen LogP contribution in [0, 0.1) is 0 Å². The van der Waals surface area contributed by atoms with Crippen molar-refractivity contribution in [2.24, 2.45) is 0 Å². The molecule has 1 atom stereocenters. The monoisotopic (exact) mass is 395 g/mol. The van der Waals surface area contributed by atoms with Crippen LogP contribution in [-0.2, 0) is 9.59 Å². The Bertz CT molecular complexity index is 984. The van der Waals surface area contributed by atoms with Crippen molar-refractivity contribution in [3.8, 4) is 11.5 Å². The van der Waals surface area contributed by atoms with E-state index >= 15 is 0 Å². The molecule has 1 aliphatic heterocycles. The van der Waals surface area contributed by atoms with Gasteiger partial charge >= 0.3 is 6.03 Å². The van der Waals surface area contributed by atoms with E-state index in [9.17, 15) is 19.5 Å². The minimum atomic E-state index is -1.36. The summed E-state index contributed by atoms with van der Waals surface area (Å²) in [5.74, 6) is -1.10. The zero-order valence-corrected chi connectivity index (χ0v) is 15.9. The Morgan fingerprint density at radius 1 is 1.10 bits per heavy atom. The van der Waals surface area contributed by atoms with Crippen molar-refractivity contribution in [1.82, 2.24) is 10.6 Å². The number of methoxy groups -OCH3 is 1. The van der Waals surface area contributed by atoms with Gasteiger partial charge in [0, 0.05) is 5.57 Å². The van der Waals surface area contributed by atoms with Crippen molar-refractivity contribution >= 4 is 23.5 Å². The highest BCUT2D eigenvalue weighted by Gasteiger charge is 2.32. The van der Waals surface area contributed by atoms with E-state index in [1.807, 2.05) is 18.2 Å². The number of carboxylic acid groups (broad SMARTS) is 1. The molecule has 0 radical (unpaired) electrons. The van der Waals surface area contributed by atoms with Gasteiger partial charge in [-0.2, -0.15) is 0 Å². The van der Waals surface area contributed by atoms with E-state index < -0.39 is 24.6 Å². The molecule has 0 fully saturated rings. The first kappa shape index (κ1) is 19.9. The third-order valence-corrected chi connectivity index (χ3v) is 4.38. The summed E-state index contributed by atoms with van der Waals surface area (Å²) in [7, 11) is 1.41. The summed E-state index contributed by atoms with van der Waals surface area (Å²) in [5.41, 5.74) is 2.11. The standard InChI is InChI=1S/C21H20N2O6/c1-12(24)18-19(13-6-4-3-5-7-13)22-21(27)23-20(18)14-8-9-15(16(10-14)28-2)29-11-17(25)26/h3-10,20H,11H2,1-2H3,(H,25,26)(H2,22,23,27)/p-1/t20-/m1/s1. The third kappa shape index (κ3) is 4.37. The summed E-state index contributed by atoms with van der Waals surface area (Å²) in [6.45, 7) is 0.801. The Morgan fingerprint density at radius 3 is 2.45 bits per heavy atom. The van der Waals surface area contributed by atoms with Crippen molar-refractivity contribution in [2.45, 2.75) is 13.0 Å². The second-order valence-electron chi connectivity index (χ2n) is 6.31. The van der Waals surface area contributed by atoms with E-state index in [1.165, 1.54) is 20.1 Å². The first-order valence-corrected chi connectivity index (χ1v) is 8.79. The first-order chi connectivity index (χ1) is 13.9. The smallest absolute Gasteiger partial charge is 0.320 e. The molecular weight excluding hydrogens is 376 g/mol. The predicted octanol–water partition coefficient (Wildman–Crippen LogP) is 1.18. The van der Waals surface area contributed by atoms with Gasteiger partial charge in [0.25, 0.3) is 0 Å². The number of hydrogen-bond donors (Lipinski definition) is 2. The zero-order valence-electron chi connectivity index (χ0n) is 15.9. The minimum Gasteiger partial charge on any atom is -0.546 e. The fourth-order valence-corrected chi connectivity index (χ4v) is 3.15. The van der Waals surface area contributed by atoms with Crippen molar-refractivity contribution in [3.05, 3.63) is 65.2 Å². The van der Waals surface area contributed by atoms with Crippen molar-refractivity contribution in [3.63, 3.8) is 0 Å². The largest absolute Gasteiger partial charge is 0.546 e. The summed E-state index contributed by atoms with van der Waals surface area (Å²) in [6, 6.07) is 12.7. The molecule has 150 valence electrons. The van der Waals surface area contributed by atoms with Gasteiger partial charge in [-0.25, -0.2) is 4.79 Å². The van der Waals surface area contributed by atoms with Gasteiger partial charge in [-0.1, -0.05) is 36.4 Å². The number of rotatable bonds is 7. The number of aliphatic carboxylic acids is 1. The number of ether oxygens (including phenoxy) is 2. The number of benzene rings is 2. The summed E-state index contributed by atoms with van der Waals surface area (Å²) in [5, 5.41) is 16.1. The highest BCUT2D eigenvalue weighted by molar-refractivity contribution is 6.06. The lowest BCUT2D eigenvalue weighted by Crippen LogP contribution is -2.44. The fourth-order valence-electron chi connectivity index (χ4n) is 3.15. The number of ketones is 1. The molecule has 2 aromatic rings. The maximum Gasteiger partial charge on any atom is 0.320 e. The van der Waals surface area contributed by atoms with E-state index in [4.69, 9.17) is 9.47 Å². The number of carboxylic acids is 1. The first-order valence-electron chi connectivity index (χ1n) is 8.79. The molecule has 29 heavy (non-hydrogen) atoms. The van der Waals surface area contributed by atoms with Crippen LogP contribution in [0.2, 0.25) is 0 Å². The average Bonchev–Trinajstić information content (AvgIpc) is 2.71. The maximum absolute atomic E-state index is 12.5. The highest BCUT2D eigenvalue weighted by Crippen LogP contribution is 2.36. The van der Waals surface area contributed by atoms with Crippen LogP contribution >= 0.6 is 0 Å². The lowest BCUT2D eigenvalue weighted by atomic mass is 9.90. The van der Waals surface area contributed by atoms with E-state index in [1.54, 1.807) is 24.3 Å². The summed E-state index contributed by atoms with van der Waals surface area (Å²) in [6.07, 6.45) is 0. The van der Waals surface area contributed by atoms with Gasteiger partial charge in [0.2, 0.25) is 0 Å². The number of Topliss-reactive ketones (excluding diaryl/α,β-unsaturated/α-hetero) is 1. The SMILES string of the molecule is COc1cc([C@H]2NC(=O)NC(c3ccccc3)=C2C(C)=O)ccc1OCC(=O)[O-]. The van der Waals surface area contributed by atoms with Crippen molar-refractivity contribution < 1.29 is 29.0 Å².